The topological polar surface area (TPSA) is 0 Å². The van der Waals surface area contributed by atoms with Crippen LogP contribution < -0.4 is 10.9 Å². The van der Waals surface area contributed by atoms with Crippen molar-refractivity contribution >= 4 is 39.2 Å². The first kappa shape index (κ1) is 17.9. The van der Waals surface area contributed by atoms with E-state index in [1.165, 1.54) is 32.5 Å². The van der Waals surface area contributed by atoms with Gasteiger partial charge < -0.3 is 0 Å². The molecule has 4 rings (SSSR count). The summed E-state index contributed by atoms with van der Waals surface area (Å²) >= 11 is 0. The Balaban J connectivity index is 2.06. The van der Waals surface area contributed by atoms with Crippen LogP contribution in [0.4, 0.5) is 0 Å². The lowest BCUT2D eigenvalue weighted by Crippen LogP contribution is -2.52. The highest BCUT2D eigenvalue weighted by Crippen LogP contribution is 2.38. The van der Waals surface area contributed by atoms with Crippen molar-refractivity contribution in [2.75, 3.05) is 0 Å². The Hall–Kier alpha value is -2.54. The van der Waals surface area contributed by atoms with Gasteiger partial charge in [0.15, 0.2) is 0 Å². The van der Waals surface area contributed by atoms with E-state index in [1.54, 1.807) is 0 Å². The molecule has 0 atom stereocenters. The third-order valence-electron chi connectivity index (χ3n) is 6.50. The summed E-state index contributed by atoms with van der Waals surface area (Å²) in [6.45, 7) is 9.87. The zero-order valence-electron chi connectivity index (χ0n) is 16.7. The third kappa shape index (κ3) is 3.06. The average Bonchev–Trinajstić information content (AvgIpc) is 2.68. The fraction of sp³-hybridized carbons (Fsp3) is 0.231. The molecule has 0 fully saturated rings. The molecule has 0 saturated heterocycles. The minimum atomic E-state index is 0.119. The highest BCUT2D eigenvalue weighted by atomic mass is 14.2. The van der Waals surface area contributed by atoms with Crippen LogP contribution in [0, 0.1) is 5.92 Å². The normalized spacial score (nSPS) is 12.0. The second kappa shape index (κ2) is 6.89. The molecule has 0 aliphatic carbocycles. The van der Waals surface area contributed by atoms with E-state index in [-0.39, 0.29) is 5.31 Å². The molecule has 0 radical (unpaired) electrons. The smallest absolute Gasteiger partial charge is 0.0667 e. The number of benzene rings is 4. The van der Waals surface area contributed by atoms with Gasteiger partial charge >= 0.3 is 0 Å². The van der Waals surface area contributed by atoms with E-state index in [0.717, 1.165) is 0 Å². The molecule has 134 valence electrons. The van der Waals surface area contributed by atoms with Gasteiger partial charge in [-0.15, -0.1) is 0 Å². The van der Waals surface area contributed by atoms with Gasteiger partial charge in [0, 0.05) is 0 Å². The van der Waals surface area contributed by atoms with Crippen molar-refractivity contribution in [3.63, 3.8) is 0 Å². The van der Waals surface area contributed by atoms with Gasteiger partial charge in [0.25, 0.3) is 0 Å². The Bertz CT molecular complexity index is 1000. The predicted octanol–water partition coefficient (Wildman–Crippen LogP) is 6.04. The van der Waals surface area contributed by atoms with Crippen molar-refractivity contribution in [3.05, 3.63) is 84.9 Å². The molecule has 0 saturated carbocycles. The monoisotopic (exact) mass is 350 g/mol. The largest absolute Gasteiger partial charge is 0.216 e. The summed E-state index contributed by atoms with van der Waals surface area (Å²) in [5, 5.41) is 5.49. The van der Waals surface area contributed by atoms with Crippen molar-refractivity contribution < 1.29 is 0 Å². The first-order valence-electron chi connectivity index (χ1n) is 9.95. The molecule has 0 amide bonds. The van der Waals surface area contributed by atoms with E-state index >= 15 is 0 Å². The molecule has 0 nitrogen and oxygen atoms in total. The molecular formula is C26H27B. The van der Waals surface area contributed by atoms with Gasteiger partial charge in [0.05, 0.1) is 0 Å². The number of hydrogen-bond donors (Lipinski definition) is 0. The number of hydrogen-bond acceptors (Lipinski definition) is 0. The van der Waals surface area contributed by atoms with Gasteiger partial charge in [0.2, 0.25) is 6.71 Å². The van der Waals surface area contributed by atoms with E-state index in [0.29, 0.717) is 12.6 Å². The minimum absolute atomic E-state index is 0.119. The molecule has 0 unspecified atom stereocenters. The van der Waals surface area contributed by atoms with E-state index in [1.807, 2.05) is 0 Å². The fourth-order valence-corrected chi connectivity index (χ4v) is 4.31. The predicted molar refractivity (Wildman–Crippen MR) is 122 cm³/mol. The Morgan fingerprint density at radius 1 is 0.593 bits per heavy atom. The molecule has 0 spiro atoms. The zero-order chi connectivity index (χ0) is 19.0. The van der Waals surface area contributed by atoms with Crippen molar-refractivity contribution in [1.29, 1.82) is 0 Å². The number of rotatable bonds is 4. The minimum Gasteiger partial charge on any atom is -0.0667 e. The first-order chi connectivity index (χ1) is 13.0. The van der Waals surface area contributed by atoms with E-state index in [9.17, 15) is 0 Å². The third-order valence-corrected chi connectivity index (χ3v) is 6.50. The highest BCUT2D eigenvalue weighted by Gasteiger charge is 2.39. The van der Waals surface area contributed by atoms with E-state index in [4.69, 9.17) is 0 Å². The van der Waals surface area contributed by atoms with Crippen LogP contribution >= 0.6 is 0 Å². The maximum atomic E-state index is 2.42. The lowest BCUT2D eigenvalue weighted by atomic mass is 9.25. The second-order valence-electron chi connectivity index (χ2n) is 8.55. The summed E-state index contributed by atoms with van der Waals surface area (Å²) in [5.41, 5.74) is 2.87. The molecule has 0 bridgehead atoms. The molecule has 0 aromatic heterocycles. The fourth-order valence-electron chi connectivity index (χ4n) is 4.31. The molecule has 4 aromatic rings. The maximum absolute atomic E-state index is 2.42. The van der Waals surface area contributed by atoms with Crippen LogP contribution in [0.5, 0.6) is 0 Å². The molecule has 27 heavy (non-hydrogen) atoms. The van der Waals surface area contributed by atoms with E-state index in [2.05, 4.69) is 113 Å². The Morgan fingerprint density at radius 3 is 1.44 bits per heavy atom. The molecule has 4 aromatic carbocycles. The SMILES string of the molecule is CC(C)C(C)(C)B(c1cccc2ccccc12)c1cccc2ccccc12. The van der Waals surface area contributed by atoms with Crippen molar-refractivity contribution in [2.45, 2.75) is 33.0 Å². The quantitative estimate of drug-likeness (QED) is 0.394. The molecular weight excluding hydrogens is 323 g/mol. The first-order valence-corrected chi connectivity index (χ1v) is 9.95. The maximum Gasteiger partial charge on any atom is 0.216 e. The summed E-state index contributed by atoms with van der Waals surface area (Å²) in [6.07, 6.45) is 0. The van der Waals surface area contributed by atoms with Gasteiger partial charge in [-0.2, -0.15) is 0 Å². The van der Waals surface area contributed by atoms with E-state index < -0.39 is 0 Å². The van der Waals surface area contributed by atoms with Gasteiger partial charge in [-0.25, -0.2) is 0 Å². The van der Waals surface area contributed by atoms with Gasteiger partial charge in [0.1, 0.15) is 0 Å². The molecule has 0 heterocycles. The van der Waals surface area contributed by atoms with Crippen molar-refractivity contribution in [2.24, 2.45) is 5.92 Å². The van der Waals surface area contributed by atoms with Gasteiger partial charge in [-0.05, 0) is 32.8 Å². The molecule has 0 aliphatic heterocycles. The zero-order valence-corrected chi connectivity index (χ0v) is 16.7. The van der Waals surface area contributed by atoms with Crippen LogP contribution in [0.3, 0.4) is 0 Å². The van der Waals surface area contributed by atoms with Crippen LogP contribution in [0.1, 0.15) is 27.7 Å². The summed E-state index contributed by atoms with van der Waals surface area (Å²) in [6, 6.07) is 31.1. The molecule has 0 aliphatic rings. The van der Waals surface area contributed by atoms with Crippen molar-refractivity contribution in [3.8, 4) is 0 Å². The standard InChI is InChI=1S/C26H27B/c1-19(2)26(3,4)27(24-17-9-13-20-11-5-7-15-22(20)24)25-18-10-14-21-12-6-8-16-23(21)25/h5-19H,1-4H3. The lowest BCUT2D eigenvalue weighted by molar-refractivity contribution is 0.472. The second-order valence-corrected chi connectivity index (χ2v) is 8.55. The summed E-state index contributed by atoms with van der Waals surface area (Å²) in [5.74, 6) is 0.556. The summed E-state index contributed by atoms with van der Waals surface area (Å²) in [7, 11) is 0. The molecule has 1 heteroatoms. The average molecular weight is 350 g/mol. The van der Waals surface area contributed by atoms with Crippen molar-refractivity contribution in [1.82, 2.24) is 0 Å². The van der Waals surface area contributed by atoms with Crippen LogP contribution in [-0.2, 0) is 0 Å². The van der Waals surface area contributed by atoms with Gasteiger partial charge in [-0.1, -0.05) is 124 Å². The summed E-state index contributed by atoms with van der Waals surface area (Å²) in [4.78, 5) is 0. The lowest BCUT2D eigenvalue weighted by Gasteiger charge is -2.37. The highest BCUT2D eigenvalue weighted by molar-refractivity contribution is 6.90. The van der Waals surface area contributed by atoms with Gasteiger partial charge in [-0.3, -0.25) is 0 Å². The summed E-state index contributed by atoms with van der Waals surface area (Å²) < 4.78 is 0. The van der Waals surface area contributed by atoms with Crippen LogP contribution in [-0.4, -0.2) is 6.71 Å². The van der Waals surface area contributed by atoms with Crippen LogP contribution in [0.25, 0.3) is 21.5 Å². The number of fused-ring (bicyclic) bond motifs is 2. The Kier molecular flexibility index (Phi) is 4.56. The van der Waals surface area contributed by atoms with Crippen LogP contribution in [0.15, 0.2) is 84.9 Å². The van der Waals surface area contributed by atoms with Crippen LogP contribution in [0.2, 0.25) is 5.31 Å². The Labute approximate surface area is 163 Å². The molecule has 0 N–H and O–H groups in total. The Morgan fingerprint density at radius 2 is 1.00 bits per heavy atom.